The molecular formula is C15H16FN5O2. The molecule has 0 spiro atoms. The summed E-state index contributed by atoms with van der Waals surface area (Å²) in [4.78, 5) is 23.8. The molecule has 0 atom stereocenters. The lowest BCUT2D eigenvalue weighted by Gasteiger charge is -2.35. The van der Waals surface area contributed by atoms with Crippen LogP contribution in [-0.2, 0) is 0 Å². The summed E-state index contributed by atoms with van der Waals surface area (Å²) in [6.07, 6.45) is 2.46. The van der Waals surface area contributed by atoms with Gasteiger partial charge >= 0.3 is 6.03 Å². The molecule has 2 aromatic rings. The second kappa shape index (κ2) is 6.47. The number of hydrogen-bond acceptors (Lipinski definition) is 5. The summed E-state index contributed by atoms with van der Waals surface area (Å²) < 4.78 is 12.9. The van der Waals surface area contributed by atoms with Gasteiger partial charge in [-0.2, -0.15) is 0 Å². The van der Waals surface area contributed by atoms with Gasteiger partial charge in [0, 0.05) is 26.2 Å². The zero-order chi connectivity index (χ0) is 16.2. The summed E-state index contributed by atoms with van der Waals surface area (Å²) in [6, 6.07) is 5.76. The first-order chi connectivity index (χ1) is 11.1. The summed E-state index contributed by atoms with van der Waals surface area (Å²) in [5, 5.41) is 11.9. The van der Waals surface area contributed by atoms with Crippen LogP contribution in [0.2, 0.25) is 0 Å². The van der Waals surface area contributed by atoms with Gasteiger partial charge in [0.05, 0.1) is 12.4 Å². The van der Waals surface area contributed by atoms with Crippen LogP contribution in [-0.4, -0.2) is 52.2 Å². The zero-order valence-electron chi connectivity index (χ0n) is 12.3. The number of rotatable bonds is 2. The maximum Gasteiger partial charge on any atom is 0.323 e. The first kappa shape index (κ1) is 15.0. The average Bonchev–Trinajstić information content (AvgIpc) is 2.58. The van der Waals surface area contributed by atoms with Gasteiger partial charge in [0.15, 0.2) is 0 Å². The number of carbonyl (C=O) groups excluding carboxylic acids is 1. The Balaban J connectivity index is 1.54. The van der Waals surface area contributed by atoms with E-state index in [2.05, 4.69) is 15.3 Å². The van der Waals surface area contributed by atoms with E-state index in [1.54, 1.807) is 11.0 Å². The summed E-state index contributed by atoms with van der Waals surface area (Å²) in [5.41, 5.74) is 0. The van der Waals surface area contributed by atoms with Gasteiger partial charge in [-0.25, -0.2) is 19.2 Å². The monoisotopic (exact) mass is 317 g/mol. The van der Waals surface area contributed by atoms with Crippen LogP contribution < -0.4 is 10.2 Å². The van der Waals surface area contributed by atoms with Crippen molar-refractivity contribution in [2.75, 3.05) is 36.4 Å². The normalized spacial score (nSPS) is 14.7. The number of urea groups is 1. The predicted molar refractivity (Wildman–Crippen MR) is 82.9 cm³/mol. The predicted octanol–water partition coefficient (Wildman–Crippen LogP) is 1.68. The molecule has 3 rings (SSSR count). The number of nitrogens with one attached hydrogen (secondary N) is 1. The number of piperazine rings is 1. The van der Waals surface area contributed by atoms with E-state index in [1.807, 2.05) is 4.90 Å². The number of pyridine rings is 2. The molecule has 1 saturated heterocycles. The molecule has 0 aromatic carbocycles. The van der Waals surface area contributed by atoms with Crippen molar-refractivity contribution in [3.05, 3.63) is 42.5 Å². The van der Waals surface area contributed by atoms with Crippen LogP contribution in [0, 0.1) is 5.82 Å². The van der Waals surface area contributed by atoms with Crippen molar-refractivity contribution in [3.8, 4) is 5.75 Å². The standard InChI is InChI=1S/C15H16FN5O2/c16-11-1-4-14(18-9-11)20-5-7-21(8-6-20)15(23)19-13-3-2-12(22)10-17-13/h1-4,9-10,22H,5-8H2,(H,17,19,23). The van der Waals surface area contributed by atoms with Crippen molar-refractivity contribution in [2.24, 2.45) is 0 Å². The molecule has 0 radical (unpaired) electrons. The Morgan fingerprint density at radius 2 is 1.87 bits per heavy atom. The number of anilines is 2. The Kier molecular flexibility index (Phi) is 4.22. The molecule has 1 aliphatic heterocycles. The summed E-state index contributed by atoms with van der Waals surface area (Å²) in [7, 11) is 0. The van der Waals surface area contributed by atoms with E-state index in [0.717, 1.165) is 0 Å². The summed E-state index contributed by atoms with van der Waals surface area (Å²) in [6.45, 7) is 2.30. The highest BCUT2D eigenvalue weighted by Crippen LogP contribution is 2.15. The first-order valence-electron chi connectivity index (χ1n) is 7.19. The Bertz CT molecular complexity index is 669. The van der Waals surface area contributed by atoms with Crippen LogP contribution in [0.4, 0.5) is 20.8 Å². The topological polar surface area (TPSA) is 81.6 Å². The molecule has 0 unspecified atom stereocenters. The molecule has 8 heteroatoms. The van der Waals surface area contributed by atoms with Crippen molar-refractivity contribution < 1.29 is 14.3 Å². The van der Waals surface area contributed by atoms with Crippen LogP contribution in [0.5, 0.6) is 5.75 Å². The van der Waals surface area contributed by atoms with Gasteiger partial charge in [0.25, 0.3) is 0 Å². The number of carbonyl (C=O) groups is 1. The maximum atomic E-state index is 12.9. The lowest BCUT2D eigenvalue weighted by atomic mass is 10.3. The van der Waals surface area contributed by atoms with E-state index in [1.165, 1.54) is 30.6 Å². The summed E-state index contributed by atoms with van der Waals surface area (Å²) in [5.74, 6) is 0.763. The quantitative estimate of drug-likeness (QED) is 0.880. The van der Waals surface area contributed by atoms with Gasteiger partial charge in [-0.05, 0) is 24.3 Å². The molecule has 0 saturated carbocycles. The minimum atomic E-state index is -0.367. The van der Waals surface area contributed by atoms with Gasteiger partial charge in [0.1, 0.15) is 23.2 Å². The second-order valence-corrected chi connectivity index (χ2v) is 5.14. The third kappa shape index (κ3) is 3.65. The van der Waals surface area contributed by atoms with E-state index in [-0.39, 0.29) is 17.6 Å². The van der Waals surface area contributed by atoms with E-state index in [9.17, 15) is 14.3 Å². The van der Waals surface area contributed by atoms with Crippen molar-refractivity contribution in [1.29, 1.82) is 0 Å². The Labute approximate surface area is 132 Å². The highest BCUT2D eigenvalue weighted by atomic mass is 19.1. The van der Waals surface area contributed by atoms with Crippen molar-refractivity contribution in [2.45, 2.75) is 0 Å². The molecular weight excluding hydrogens is 301 g/mol. The maximum absolute atomic E-state index is 12.9. The first-order valence-corrected chi connectivity index (χ1v) is 7.19. The third-order valence-electron chi connectivity index (χ3n) is 3.59. The van der Waals surface area contributed by atoms with E-state index in [0.29, 0.717) is 37.8 Å². The molecule has 0 bridgehead atoms. The highest BCUT2D eigenvalue weighted by molar-refractivity contribution is 5.88. The molecule has 1 aliphatic rings. The molecule has 2 N–H and O–H groups in total. The van der Waals surface area contributed by atoms with Crippen LogP contribution >= 0.6 is 0 Å². The lowest BCUT2D eigenvalue weighted by molar-refractivity contribution is 0.208. The number of aromatic nitrogens is 2. The van der Waals surface area contributed by atoms with Gasteiger partial charge in [-0.3, -0.25) is 5.32 Å². The van der Waals surface area contributed by atoms with Crippen LogP contribution in [0.15, 0.2) is 36.7 Å². The van der Waals surface area contributed by atoms with Gasteiger partial charge < -0.3 is 14.9 Å². The minimum absolute atomic E-state index is 0.0448. The molecule has 2 amide bonds. The fourth-order valence-electron chi connectivity index (χ4n) is 2.34. The fraction of sp³-hybridized carbons (Fsp3) is 0.267. The van der Waals surface area contributed by atoms with E-state index in [4.69, 9.17) is 0 Å². The number of hydrogen-bond donors (Lipinski definition) is 2. The fourth-order valence-corrected chi connectivity index (χ4v) is 2.34. The van der Waals surface area contributed by atoms with Crippen molar-refractivity contribution >= 4 is 17.7 Å². The molecule has 0 aliphatic carbocycles. The Morgan fingerprint density at radius 1 is 1.09 bits per heavy atom. The van der Waals surface area contributed by atoms with E-state index >= 15 is 0 Å². The highest BCUT2D eigenvalue weighted by Gasteiger charge is 2.22. The number of amides is 2. The Hall–Kier alpha value is -2.90. The van der Waals surface area contributed by atoms with Crippen molar-refractivity contribution in [1.82, 2.24) is 14.9 Å². The average molecular weight is 317 g/mol. The van der Waals surface area contributed by atoms with Gasteiger partial charge in [0.2, 0.25) is 0 Å². The molecule has 1 fully saturated rings. The SMILES string of the molecule is O=C(Nc1ccc(O)cn1)N1CCN(c2ccc(F)cn2)CC1. The number of nitrogens with zero attached hydrogens (tertiary/aromatic N) is 4. The molecule has 2 aromatic heterocycles. The Morgan fingerprint density at radius 3 is 2.48 bits per heavy atom. The van der Waals surface area contributed by atoms with Gasteiger partial charge in [-0.1, -0.05) is 0 Å². The van der Waals surface area contributed by atoms with E-state index < -0.39 is 0 Å². The van der Waals surface area contributed by atoms with Crippen LogP contribution in [0.1, 0.15) is 0 Å². The second-order valence-electron chi connectivity index (χ2n) is 5.14. The van der Waals surface area contributed by atoms with Gasteiger partial charge in [-0.15, -0.1) is 0 Å². The number of halogens is 1. The smallest absolute Gasteiger partial charge is 0.323 e. The molecule has 120 valence electrons. The number of aromatic hydroxyl groups is 1. The van der Waals surface area contributed by atoms with Crippen LogP contribution in [0.25, 0.3) is 0 Å². The molecule has 23 heavy (non-hydrogen) atoms. The third-order valence-corrected chi connectivity index (χ3v) is 3.59. The van der Waals surface area contributed by atoms with Crippen molar-refractivity contribution in [3.63, 3.8) is 0 Å². The molecule has 3 heterocycles. The minimum Gasteiger partial charge on any atom is -0.506 e. The lowest BCUT2D eigenvalue weighted by Crippen LogP contribution is -2.50. The molecule has 7 nitrogen and oxygen atoms in total. The largest absolute Gasteiger partial charge is 0.506 e. The zero-order valence-corrected chi connectivity index (χ0v) is 12.3. The van der Waals surface area contributed by atoms with Crippen LogP contribution in [0.3, 0.4) is 0 Å². The summed E-state index contributed by atoms with van der Waals surface area (Å²) >= 11 is 0.